The molecule has 0 aliphatic heterocycles. The van der Waals surface area contributed by atoms with Gasteiger partial charge in [0.25, 0.3) is 0 Å². The summed E-state index contributed by atoms with van der Waals surface area (Å²) in [5.74, 6) is -0.380. The molecule has 0 amide bonds. The summed E-state index contributed by atoms with van der Waals surface area (Å²) in [7, 11) is 1.35. The van der Waals surface area contributed by atoms with Gasteiger partial charge < -0.3 is 9.94 Å². The van der Waals surface area contributed by atoms with E-state index >= 15 is 0 Å². The van der Waals surface area contributed by atoms with Crippen molar-refractivity contribution in [2.24, 2.45) is 0 Å². The third-order valence-electron chi connectivity index (χ3n) is 3.24. The molecule has 2 aromatic carbocycles. The molecule has 100 valence electrons. The number of nitrogens with zero attached hydrogens (tertiary/aromatic N) is 1. The van der Waals surface area contributed by atoms with Crippen LogP contribution in [0.1, 0.15) is 10.4 Å². The molecule has 0 N–H and O–H groups in total. The lowest BCUT2D eigenvalue weighted by atomic mass is 10.0. The second-order valence-electron chi connectivity index (χ2n) is 4.42. The minimum absolute atomic E-state index is 0.380. The van der Waals surface area contributed by atoms with E-state index in [1.54, 1.807) is 18.2 Å². The fourth-order valence-corrected chi connectivity index (χ4v) is 2.88. The smallest absolute Gasteiger partial charge is 0.337 e. The van der Waals surface area contributed by atoms with Crippen molar-refractivity contribution in [1.29, 1.82) is 0 Å². The molecule has 1 aromatic heterocycles. The number of carbonyl (C=O) groups is 1. The summed E-state index contributed by atoms with van der Waals surface area (Å²) in [6, 6.07) is 8.98. The van der Waals surface area contributed by atoms with E-state index in [4.69, 9.17) is 4.74 Å². The number of rotatable bonds is 1. The van der Waals surface area contributed by atoms with E-state index in [0.717, 1.165) is 30.7 Å². The van der Waals surface area contributed by atoms with E-state index < -0.39 is 0 Å². The van der Waals surface area contributed by atoms with E-state index in [0.29, 0.717) is 5.56 Å². The Balaban J connectivity index is 2.38. The van der Waals surface area contributed by atoms with Crippen LogP contribution in [-0.4, -0.2) is 13.1 Å². The number of aromatic nitrogens is 1. The number of hydrogen-bond acceptors (Lipinski definition) is 3. The highest BCUT2D eigenvalue weighted by Crippen LogP contribution is 2.31. The number of esters is 1. The van der Waals surface area contributed by atoms with Gasteiger partial charge in [0.15, 0.2) is 12.4 Å². The molecule has 20 heavy (non-hydrogen) atoms. The van der Waals surface area contributed by atoms with Crippen LogP contribution in [0.15, 0.2) is 47.2 Å². The van der Waals surface area contributed by atoms with E-state index in [2.05, 4.69) is 15.9 Å². The predicted molar refractivity (Wildman–Crippen MR) is 79.5 cm³/mol. The molecular formula is C15H10BrNO3. The van der Waals surface area contributed by atoms with Crippen LogP contribution in [0.3, 0.4) is 0 Å². The first kappa shape index (κ1) is 12.9. The van der Waals surface area contributed by atoms with Crippen LogP contribution < -0.4 is 4.73 Å². The van der Waals surface area contributed by atoms with Crippen molar-refractivity contribution in [3.05, 3.63) is 58.0 Å². The average Bonchev–Trinajstić information content (AvgIpc) is 2.45. The third kappa shape index (κ3) is 2.00. The molecule has 4 nitrogen and oxygen atoms in total. The number of methoxy groups -OCH3 is 1. The Kier molecular flexibility index (Phi) is 3.06. The zero-order valence-corrected chi connectivity index (χ0v) is 12.2. The van der Waals surface area contributed by atoms with E-state index in [9.17, 15) is 10.0 Å². The first-order chi connectivity index (χ1) is 9.60. The molecule has 0 spiro atoms. The molecule has 5 heteroatoms. The second kappa shape index (κ2) is 4.76. The maximum atomic E-state index is 11.6. The summed E-state index contributed by atoms with van der Waals surface area (Å²) >= 11 is 3.49. The molecule has 1 heterocycles. The number of benzene rings is 2. The molecule has 3 aromatic rings. The van der Waals surface area contributed by atoms with Crippen LogP contribution in [0.4, 0.5) is 0 Å². The third-order valence-corrected chi connectivity index (χ3v) is 3.89. The van der Waals surface area contributed by atoms with Crippen LogP contribution >= 0.6 is 15.9 Å². The Hall–Kier alpha value is -2.14. The van der Waals surface area contributed by atoms with Gasteiger partial charge in [0.1, 0.15) is 0 Å². The van der Waals surface area contributed by atoms with Gasteiger partial charge in [-0.25, -0.2) is 4.79 Å². The summed E-state index contributed by atoms with van der Waals surface area (Å²) < 4.78 is 6.36. The molecule has 0 aliphatic rings. The first-order valence-electron chi connectivity index (χ1n) is 5.93. The highest BCUT2D eigenvalue weighted by Gasteiger charge is 2.11. The van der Waals surface area contributed by atoms with Crippen molar-refractivity contribution in [2.75, 3.05) is 7.11 Å². The molecule has 0 saturated carbocycles. The van der Waals surface area contributed by atoms with Crippen molar-refractivity contribution >= 4 is 43.4 Å². The zero-order chi connectivity index (χ0) is 14.3. The molecule has 0 bridgehead atoms. The molecular weight excluding hydrogens is 322 g/mol. The molecule has 0 atom stereocenters. The van der Waals surface area contributed by atoms with Gasteiger partial charge in [-0.1, -0.05) is 22.0 Å². The zero-order valence-electron chi connectivity index (χ0n) is 10.6. The fourth-order valence-electron chi connectivity index (χ4n) is 2.29. The van der Waals surface area contributed by atoms with Crippen molar-refractivity contribution < 1.29 is 14.3 Å². The summed E-state index contributed by atoms with van der Waals surface area (Å²) in [4.78, 5) is 11.6. The molecule has 0 fully saturated rings. The molecule has 0 aliphatic carbocycles. The van der Waals surface area contributed by atoms with E-state index in [1.807, 2.05) is 12.1 Å². The Morgan fingerprint density at radius 1 is 1.20 bits per heavy atom. The lowest BCUT2D eigenvalue weighted by molar-refractivity contribution is -0.603. The van der Waals surface area contributed by atoms with Crippen LogP contribution in [0, 0.1) is 5.21 Å². The summed E-state index contributed by atoms with van der Waals surface area (Å²) in [5, 5.41) is 15.1. The highest BCUT2D eigenvalue weighted by atomic mass is 79.9. The van der Waals surface area contributed by atoms with Crippen LogP contribution in [-0.2, 0) is 4.74 Å². The number of pyridine rings is 1. The largest absolute Gasteiger partial charge is 0.619 e. The van der Waals surface area contributed by atoms with Crippen molar-refractivity contribution in [1.82, 2.24) is 0 Å². The van der Waals surface area contributed by atoms with Gasteiger partial charge in [0, 0.05) is 15.9 Å². The standard InChI is InChI=1S/C15H10BrNO3/c1-20-15(18)9-2-3-11-10(6-9)7-14(16)12-4-5-17(19)8-13(11)12/h2-8H,1H3. The fraction of sp³-hybridized carbons (Fsp3) is 0.0667. The normalized spacial score (nSPS) is 10.9. The topological polar surface area (TPSA) is 53.2 Å². The summed E-state index contributed by atoms with van der Waals surface area (Å²) in [6.45, 7) is 0. The van der Waals surface area contributed by atoms with Crippen molar-refractivity contribution in [3.8, 4) is 0 Å². The summed E-state index contributed by atoms with van der Waals surface area (Å²) in [6.07, 6.45) is 2.99. The lowest BCUT2D eigenvalue weighted by Crippen LogP contribution is -2.23. The number of halogens is 1. The van der Waals surface area contributed by atoms with Gasteiger partial charge >= 0.3 is 5.97 Å². The number of fused-ring (bicyclic) bond motifs is 3. The maximum Gasteiger partial charge on any atom is 0.337 e. The Labute approximate surface area is 123 Å². The van der Waals surface area contributed by atoms with Crippen LogP contribution in [0.25, 0.3) is 21.5 Å². The van der Waals surface area contributed by atoms with Gasteiger partial charge in [0.2, 0.25) is 0 Å². The number of carbonyl (C=O) groups excluding carboxylic acids is 1. The van der Waals surface area contributed by atoms with Gasteiger partial charge in [-0.15, -0.1) is 0 Å². The quantitative estimate of drug-likeness (QED) is 0.298. The molecule has 3 rings (SSSR count). The van der Waals surface area contributed by atoms with E-state index in [-0.39, 0.29) is 5.97 Å². The van der Waals surface area contributed by atoms with Crippen molar-refractivity contribution in [2.45, 2.75) is 0 Å². The predicted octanol–water partition coefficient (Wildman–Crippen LogP) is 3.18. The highest BCUT2D eigenvalue weighted by molar-refractivity contribution is 9.10. The minimum Gasteiger partial charge on any atom is -0.619 e. The van der Waals surface area contributed by atoms with Gasteiger partial charge in [0.05, 0.1) is 18.1 Å². The SMILES string of the molecule is COC(=O)c1ccc2c(c1)cc(Br)c1cc[n+]([O-])cc12. The monoisotopic (exact) mass is 331 g/mol. The average molecular weight is 332 g/mol. The van der Waals surface area contributed by atoms with Gasteiger partial charge in [-0.05, 0) is 29.0 Å². The molecule has 0 saturated heterocycles. The Bertz CT molecular complexity index is 845. The molecule has 0 radical (unpaired) electrons. The molecule has 0 unspecified atom stereocenters. The summed E-state index contributed by atoms with van der Waals surface area (Å²) in [5.41, 5.74) is 0.484. The van der Waals surface area contributed by atoms with Gasteiger partial charge in [-0.2, -0.15) is 4.73 Å². The Morgan fingerprint density at radius 3 is 2.75 bits per heavy atom. The van der Waals surface area contributed by atoms with E-state index in [1.165, 1.54) is 19.5 Å². The second-order valence-corrected chi connectivity index (χ2v) is 5.27. The minimum atomic E-state index is -0.380. The Morgan fingerprint density at radius 2 is 2.00 bits per heavy atom. The number of ether oxygens (including phenoxy) is 1. The first-order valence-corrected chi connectivity index (χ1v) is 6.72. The van der Waals surface area contributed by atoms with Crippen molar-refractivity contribution in [3.63, 3.8) is 0 Å². The maximum absolute atomic E-state index is 11.6. The van der Waals surface area contributed by atoms with Crippen LogP contribution in [0.2, 0.25) is 0 Å². The number of hydrogen-bond donors (Lipinski definition) is 0. The lowest BCUT2D eigenvalue weighted by Gasteiger charge is -2.07. The van der Waals surface area contributed by atoms with Gasteiger partial charge in [-0.3, -0.25) is 0 Å². The van der Waals surface area contributed by atoms with Crippen LogP contribution in [0.5, 0.6) is 0 Å².